The van der Waals surface area contributed by atoms with E-state index in [2.05, 4.69) is 0 Å². The molecule has 0 amide bonds. The lowest BCUT2D eigenvalue weighted by molar-refractivity contribution is 0.262. The number of rotatable bonds is 4. The Labute approximate surface area is 113 Å². The second-order valence-electron chi connectivity index (χ2n) is 4.95. The van der Waals surface area contributed by atoms with Gasteiger partial charge in [-0.1, -0.05) is 13.0 Å². The van der Waals surface area contributed by atoms with Gasteiger partial charge in [0.05, 0.1) is 12.7 Å². The van der Waals surface area contributed by atoms with E-state index in [1.165, 1.54) is 0 Å². The quantitative estimate of drug-likeness (QED) is 0.749. The molecule has 100 valence electrons. The van der Waals surface area contributed by atoms with Crippen LogP contribution in [0.25, 0.3) is 0 Å². The molecular formula is C13H17BN2O3. The van der Waals surface area contributed by atoms with Gasteiger partial charge in [0.2, 0.25) is 0 Å². The first-order valence-corrected chi connectivity index (χ1v) is 6.25. The molecular weight excluding hydrogens is 243 g/mol. The van der Waals surface area contributed by atoms with Crippen LogP contribution in [0.15, 0.2) is 12.1 Å². The number of nitrogens with zero attached hydrogens (tertiary/aromatic N) is 1. The molecule has 0 bridgehead atoms. The summed E-state index contributed by atoms with van der Waals surface area (Å²) in [6.07, 6.45) is 0.715. The second-order valence-corrected chi connectivity index (χ2v) is 4.95. The van der Waals surface area contributed by atoms with Crippen LogP contribution in [0.1, 0.15) is 25.0 Å². The average Bonchev–Trinajstić information content (AvgIpc) is 2.78. The van der Waals surface area contributed by atoms with Crippen molar-refractivity contribution in [1.29, 1.82) is 5.26 Å². The fourth-order valence-electron chi connectivity index (χ4n) is 2.14. The summed E-state index contributed by atoms with van der Waals surface area (Å²) in [7, 11) is -0.895. The molecule has 0 radical (unpaired) electrons. The zero-order valence-electron chi connectivity index (χ0n) is 11.1. The number of fused-ring (bicyclic) bond motifs is 1. The molecule has 1 aliphatic rings. The lowest BCUT2D eigenvalue weighted by Crippen LogP contribution is -2.41. The Morgan fingerprint density at radius 2 is 2.37 bits per heavy atom. The molecule has 1 atom stereocenters. The molecule has 0 aliphatic carbocycles. The summed E-state index contributed by atoms with van der Waals surface area (Å²) in [6.45, 7) is 4.12. The average molecular weight is 260 g/mol. The molecule has 0 saturated heterocycles. The zero-order valence-corrected chi connectivity index (χ0v) is 11.1. The minimum Gasteiger partial charge on any atom is -0.490 e. The summed E-state index contributed by atoms with van der Waals surface area (Å²) >= 11 is 0. The Balaban J connectivity index is 2.28. The maximum atomic E-state index is 9.84. The van der Waals surface area contributed by atoms with Gasteiger partial charge in [0.25, 0.3) is 0 Å². The topological polar surface area (TPSA) is 88.5 Å². The Kier molecular flexibility index (Phi) is 3.81. The summed E-state index contributed by atoms with van der Waals surface area (Å²) in [5, 5.41) is 18.7. The predicted octanol–water partition coefficient (Wildman–Crippen LogP) is 0.0865. The first kappa shape index (κ1) is 13.9. The van der Waals surface area contributed by atoms with E-state index in [4.69, 9.17) is 20.4 Å². The smallest absolute Gasteiger partial charge is 0.490 e. The van der Waals surface area contributed by atoms with Gasteiger partial charge >= 0.3 is 7.12 Å². The molecule has 1 heterocycles. The normalized spacial score (nSPS) is 16.7. The summed E-state index contributed by atoms with van der Waals surface area (Å²) < 4.78 is 10.9. The van der Waals surface area contributed by atoms with Crippen LogP contribution in [0.2, 0.25) is 0 Å². The third kappa shape index (κ3) is 2.74. The van der Waals surface area contributed by atoms with Crippen LogP contribution < -0.4 is 15.9 Å². The van der Waals surface area contributed by atoms with E-state index in [1.54, 1.807) is 6.92 Å². The summed E-state index contributed by atoms with van der Waals surface area (Å²) in [6, 6.07) is 5.70. The van der Waals surface area contributed by atoms with Gasteiger partial charge in [-0.3, -0.25) is 0 Å². The van der Waals surface area contributed by atoms with Crippen LogP contribution in [0, 0.1) is 11.3 Å². The van der Waals surface area contributed by atoms with Crippen molar-refractivity contribution in [1.82, 2.24) is 0 Å². The number of benzene rings is 1. The van der Waals surface area contributed by atoms with Crippen LogP contribution in [-0.4, -0.2) is 24.3 Å². The highest BCUT2D eigenvalue weighted by Crippen LogP contribution is 2.24. The summed E-state index contributed by atoms with van der Waals surface area (Å²) in [5.41, 5.74) is 7.39. The third-order valence-corrected chi connectivity index (χ3v) is 3.18. The largest absolute Gasteiger partial charge is 0.492 e. The maximum Gasteiger partial charge on any atom is 0.492 e. The molecule has 1 aromatic carbocycles. The molecule has 5 nitrogen and oxygen atoms in total. The van der Waals surface area contributed by atoms with Gasteiger partial charge in [-0.2, -0.15) is 5.26 Å². The molecule has 1 aromatic rings. The maximum absolute atomic E-state index is 9.84. The van der Waals surface area contributed by atoms with Crippen molar-refractivity contribution < 1.29 is 14.4 Å². The number of ether oxygens (including phenoxy) is 1. The molecule has 6 heteroatoms. The standard InChI is InChI=1S/C13H17BN2O3/c1-3-10-11(18-8-13(2,16)7-15)5-4-9-6-19-14(17)12(9)10/h4-5,17H,3,6,8,16H2,1-2H3/t13-/m0/s1. The van der Waals surface area contributed by atoms with Crippen LogP contribution in [0.4, 0.5) is 0 Å². The fourth-order valence-corrected chi connectivity index (χ4v) is 2.14. The van der Waals surface area contributed by atoms with Crippen molar-refractivity contribution in [2.75, 3.05) is 6.61 Å². The van der Waals surface area contributed by atoms with E-state index in [-0.39, 0.29) is 6.61 Å². The van der Waals surface area contributed by atoms with E-state index in [0.717, 1.165) is 16.6 Å². The first-order chi connectivity index (χ1) is 8.98. The van der Waals surface area contributed by atoms with Gasteiger partial charge in [-0.05, 0) is 36.0 Å². The number of hydrogen-bond acceptors (Lipinski definition) is 5. The monoisotopic (exact) mass is 260 g/mol. The molecule has 0 saturated carbocycles. The minimum atomic E-state index is -1.03. The minimum absolute atomic E-state index is 0.103. The van der Waals surface area contributed by atoms with E-state index in [9.17, 15) is 5.02 Å². The van der Waals surface area contributed by atoms with Gasteiger partial charge < -0.3 is 20.1 Å². The van der Waals surface area contributed by atoms with Gasteiger partial charge in [0, 0.05) is 0 Å². The Morgan fingerprint density at radius 3 is 3.00 bits per heavy atom. The fraction of sp³-hybridized carbons (Fsp3) is 0.462. The van der Waals surface area contributed by atoms with E-state index in [0.29, 0.717) is 18.8 Å². The molecule has 0 fully saturated rings. The first-order valence-electron chi connectivity index (χ1n) is 6.25. The van der Waals surface area contributed by atoms with Crippen molar-refractivity contribution in [3.05, 3.63) is 23.3 Å². The van der Waals surface area contributed by atoms with E-state index in [1.807, 2.05) is 25.1 Å². The lowest BCUT2D eigenvalue weighted by Gasteiger charge is -2.19. The molecule has 0 unspecified atom stereocenters. The number of hydrogen-bond donors (Lipinski definition) is 2. The Morgan fingerprint density at radius 1 is 1.63 bits per heavy atom. The van der Waals surface area contributed by atoms with E-state index < -0.39 is 12.7 Å². The van der Waals surface area contributed by atoms with E-state index >= 15 is 0 Å². The molecule has 0 aromatic heterocycles. The molecule has 0 spiro atoms. The van der Waals surface area contributed by atoms with Crippen LogP contribution in [-0.2, 0) is 17.7 Å². The lowest BCUT2D eigenvalue weighted by atomic mass is 9.75. The van der Waals surface area contributed by atoms with Crippen molar-refractivity contribution in [3.63, 3.8) is 0 Å². The molecule has 3 N–H and O–H groups in total. The van der Waals surface area contributed by atoms with Gasteiger partial charge in [0.15, 0.2) is 0 Å². The highest BCUT2D eigenvalue weighted by atomic mass is 16.5. The summed E-state index contributed by atoms with van der Waals surface area (Å²) in [5.74, 6) is 0.651. The molecule has 1 aliphatic heterocycles. The van der Waals surface area contributed by atoms with Gasteiger partial charge in [0.1, 0.15) is 17.9 Å². The van der Waals surface area contributed by atoms with Crippen molar-refractivity contribution >= 4 is 12.6 Å². The van der Waals surface area contributed by atoms with Crippen LogP contribution in [0.3, 0.4) is 0 Å². The third-order valence-electron chi connectivity index (χ3n) is 3.18. The highest BCUT2D eigenvalue weighted by molar-refractivity contribution is 6.62. The van der Waals surface area contributed by atoms with Gasteiger partial charge in [-0.15, -0.1) is 0 Å². The van der Waals surface area contributed by atoms with Gasteiger partial charge in [-0.25, -0.2) is 0 Å². The number of nitriles is 1. The van der Waals surface area contributed by atoms with Crippen molar-refractivity contribution in [3.8, 4) is 11.8 Å². The van der Waals surface area contributed by atoms with Crippen LogP contribution >= 0.6 is 0 Å². The number of nitrogens with two attached hydrogens (primary N) is 1. The van der Waals surface area contributed by atoms with Crippen LogP contribution in [0.5, 0.6) is 5.75 Å². The predicted molar refractivity (Wildman–Crippen MR) is 71.9 cm³/mol. The highest BCUT2D eigenvalue weighted by Gasteiger charge is 2.31. The SMILES string of the molecule is CCc1c(OC[C@@](C)(N)C#N)ccc2c1B(O)OC2. The summed E-state index contributed by atoms with van der Waals surface area (Å²) in [4.78, 5) is 0. The zero-order chi connectivity index (χ0) is 14.0. The molecule has 2 rings (SSSR count). The Hall–Kier alpha value is -1.55. The Bertz CT molecular complexity index is 525. The van der Waals surface area contributed by atoms with Crippen molar-refractivity contribution in [2.45, 2.75) is 32.4 Å². The van der Waals surface area contributed by atoms with Crippen molar-refractivity contribution in [2.24, 2.45) is 5.73 Å². The second kappa shape index (κ2) is 5.21. The molecule has 19 heavy (non-hydrogen) atoms.